The third-order valence-electron chi connectivity index (χ3n) is 7.08. The Bertz CT molecular complexity index is 786. The number of carbonyl (C=O) groups is 1. The van der Waals surface area contributed by atoms with Crippen molar-refractivity contribution in [3.63, 3.8) is 0 Å². The number of aromatic hydroxyl groups is 1. The number of aryl methyl sites for hydroxylation is 1. The first kappa shape index (κ1) is 21.0. The Morgan fingerprint density at radius 1 is 1.13 bits per heavy atom. The molecule has 2 aliphatic carbocycles. The first-order chi connectivity index (χ1) is 14.7. The fraction of sp³-hybridized carbons (Fsp3) is 0.667. The number of phenols is 1. The topological polar surface area (TPSA) is 77.0 Å². The van der Waals surface area contributed by atoms with Crippen molar-refractivity contribution < 1.29 is 9.90 Å². The highest BCUT2D eigenvalue weighted by Crippen LogP contribution is 2.30. The number of benzene rings is 1. The Balaban J connectivity index is 1.31. The fourth-order valence-corrected chi connectivity index (χ4v) is 5.34. The Morgan fingerprint density at radius 2 is 1.93 bits per heavy atom. The molecule has 6 heteroatoms. The van der Waals surface area contributed by atoms with Gasteiger partial charge in [-0.3, -0.25) is 9.79 Å². The van der Waals surface area contributed by atoms with Crippen molar-refractivity contribution in [1.29, 1.82) is 0 Å². The van der Waals surface area contributed by atoms with Crippen molar-refractivity contribution in [1.82, 2.24) is 15.5 Å². The number of hydrogen-bond donors (Lipinski definition) is 3. The highest BCUT2D eigenvalue weighted by molar-refractivity contribution is 5.81. The maximum absolute atomic E-state index is 12.8. The molecule has 6 nitrogen and oxygen atoms in total. The molecule has 2 fully saturated rings. The van der Waals surface area contributed by atoms with Crippen LogP contribution in [0.5, 0.6) is 5.75 Å². The van der Waals surface area contributed by atoms with Crippen LogP contribution in [0.25, 0.3) is 0 Å². The van der Waals surface area contributed by atoms with Gasteiger partial charge in [0, 0.05) is 44.2 Å². The second kappa shape index (κ2) is 9.71. The zero-order valence-electron chi connectivity index (χ0n) is 18.3. The lowest BCUT2D eigenvalue weighted by Gasteiger charge is -2.26. The van der Waals surface area contributed by atoms with Gasteiger partial charge < -0.3 is 20.6 Å². The molecule has 4 rings (SSSR count). The minimum absolute atomic E-state index is 0.224. The summed E-state index contributed by atoms with van der Waals surface area (Å²) in [5.41, 5.74) is 3.66. The summed E-state index contributed by atoms with van der Waals surface area (Å²) in [4.78, 5) is 19.2. The number of nitrogens with zero attached hydrogens (tertiary/aromatic N) is 2. The molecule has 30 heavy (non-hydrogen) atoms. The number of amides is 1. The highest BCUT2D eigenvalue weighted by Gasteiger charge is 2.31. The molecule has 0 bridgehead atoms. The molecule has 1 saturated carbocycles. The molecular formula is C24H36N4O2. The van der Waals surface area contributed by atoms with E-state index in [2.05, 4.69) is 21.7 Å². The SMILES string of the molecule is CN=C(NCc1c(O)ccc2c1CCCC2)NC1CCN(C(=O)C2CCCCC2)C1. The molecule has 1 aromatic rings. The number of nitrogens with one attached hydrogen (secondary N) is 2. The van der Waals surface area contributed by atoms with Crippen LogP contribution in [0.15, 0.2) is 17.1 Å². The van der Waals surface area contributed by atoms with Gasteiger partial charge in [-0.15, -0.1) is 0 Å². The van der Waals surface area contributed by atoms with Gasteiger partial charge in [-0.1, -0.05) is 25.3 Å². The van der Waals surface area contributed by atoms with E-state index in [4.69, 9.17) is 0 Å². The summed E-state index contributed by atoms with van der Waals surface area (Å²) in [6.45, 7) is 2.14. The second-order valence-corrected chi connectivity index (χ2v) is 9.08. The molecular weight excluding hydrogens is 376 g/mol. The van der Waals surface area contributed by atoms with Crippen LogP contribution in [0.3, 0.4) is 0 Å². The van der Waals surface area contributed by atoms with Gasteiger partial charge in [-0.25, -0.2) is 0 Å². The maximum Gasteiger partial charge on any atom is 0.225 e. The van der Waals surface area contributed by atoms with Gasteiger partial charge in [0.1, 0.15) is 5.75 Å². The number of fused-ring (bicyclic) bond motifs is 1. The van der Waals surface area contributed by atoms with E-state index in [0.29, 0.717) is 18.2 Å². The number of likely N-dealkylation sites (tertiary alicyclic amines) is 1. The van der Waals surface area contributed by atoms with Crippen LogP contribution >= 0.6 is 0 Å². The minimum atomic E-state index is 0.224. The van der Waals surface area contributed by atoms with E-state index < -0.39 is 0 Å². The summed E-state index contributed by atoms with van der Waals surface area (Å²) >= 11 is 0. The molecule has 164 valence electrons. The standard InChI is InChI=1S/C24H36N4O2/c1-25-24(26-15-21-20-10-6-5-7-17(20)11-12-22(21)29)27-19-13-14-28(16-19)23(30)18-8-3-2-4-9-18/h11-12,18-19,29H,2-10,13-16H2,1H3,(H2,25,26,27). The molecule has 0 spiro atoms. The maximum atomic E-state index is 12.8. The zero-order chi connectivity index (χ0) is 20.9. The lowest BCUT2D eigenvalue weighted by atomic mass is 9.88. The summed E-state index contributed by atoms with van der Waals surface area (Å²) in [5, 5.41) is 17.3. The predicted molar refractivity (Wildman–Crippen MR) is 120 cm³/mol. The number of carbonyl (C=O) groups excluding carboxylic acids is 1. The average molecular weight is 413 g/mol. The monoisotopic (exact) mass is 412 g/mol. The van der Waals surface area contributed by atoms with E-state index in [1.807, 2.05) is 11.0 Å². The molecule has 1 saturated heterocycles. The number of guanidine groups is 1. The van der Waals surface area contributed by atoms with Crippen LogP contribution in [0.1, 0.15) is 68.1 Å². The van der Waals surface area contributed by atoms with Gasteiger partial charge in [0.2, 0.25) is 5.91 Å². The lowest BCUT2D eigenvalue weighted by molar-refractivity contribution is -0.135. The number of rotatable bonds is 4. The smallest absolute Gasteiger partial charge is 0.225 e. The first-order valence-corrected chi connectivity index (χ1v) is 11.7. The van der Waals surface area contributed by atoms with E-state index in [-0.39, 0.29) is 12.0 Å². The first-order valence-electron chi connectivity index (χ1n) is 11.7. The van der Waals surface area contributed by atoms with Crippen LogP contribution in [0.2, 0.25) is 0 Å². The Morgan fingerprint density at radius 3 is 2.73 bits per heavy atom. The third-order valence-corrected chi connectivity index (χ3v) is 7.08. The van der Waals surface area contributed by atoms with Crippen molar-refractivity contribution >= 4 is 11.9 Å². The van der Waals surface area contributed by atoms with Gasteiger partial charge >= 0.3 is 0 Å². The number of hydrogen-bond acceptors (Lipinski definition) is 3. The van der Waals surface area contributed by atoms with Gasteiger partial charge in [0.25, 0.3) is 0 Å². The van der Waals surface area contributed by atoms with Gasteiger partial charge in [0.15, 0.2) is 5.96 Å². The van der Waals surface area contributed by atoms with E-state index in [1.54, 1.807) is 7.05 Å². The van der Waals surface area contributed by atoms with E-state index in [0.717, 1.165) is 56.7 Å². The molecule has 1 unspecified atom stereocenters. The normalized spacial score (nSPS) is 22.6. The third kappa shape index (κ3) is 4.73. The van der Waals surface area contributed by atoms with Crippen molar-refractivity contribution in [2.75, 3.05) is 20.1 Å². The van der Waals surface area contributed by atoms with E-state index in [1.165, 1.54) is 43.2 Å². The van der Waals surface area contributed by atoms with Gasteiger partial charge in [-0.2, -0.15) is 0 Å². The fourth-order valence-electron chi connectivity index (χ4n) is 5.34. The summed E-state index contributed by atoms with van der Waals surface area (Å²) in [7, 11) is 1.77. The van der Waals surface area contributed by atoms with Crippen molar-refractivity contribution in [3.05, 3.63) is 28.8 Å². The van der Waals surface area contributed by atoms with Crippen LogP contribution in [0.4, 0.5) is 0 Å². The lowest BCUT2D eigenvalue weighted by Crippen LogP contribution is -2.45. The van der Waals surface area contributed by atoms with E-state index >= 15 is 0 Å². The Kier molecular flexibility index (Phi) is 6.80. The number of phenolic OH excluding ortho intramolecular Hbond substituents is 1. The molecule has 0 aromatic heterocycles. The summed E-state index contributed by atoms with van der Waals surface area (Å²) in [6, 6.07) is 4.11. The molecule has 0 radical (unpaired) electrons. The predicted octanol–water partition coefficient (Wildman–Crippen LogP) is 3.12. The molecule has 1 aromatic carbocycles. The van der Waals surface area contributed by atoms with Crippen LogP contribution in [0, 0.1) is 5.92 Å². The van der Waals surface area contributed by atoms with Gasteiger partial charge in [-0.05, 0) is 62.1 Å². The van der Waals surface area contributed by atoms with Crippen molar-refractivity contribution in [2.24, 2.45) is 10.9 Å². The molecule has 3 N–H and O–H groups in total. The number of aliphatic imine (C=N–C) groups is 1. The molecule has 1 atom stereocenters. The highest BCUT2D eigenvalue weighted by atomic mass is 16.3. The quantitative estimate of drug-likeness (QED) is 0.525. The van der Waals surface area contributed by atoms with E-state index in [9.17, 15) is 9.90 Å². The second-order valence-electron chi connectivity index (χ2n) is 9.08. The van der Waals surface area contributed by atoms with Gasteiger partial charge in [0.05, 0.1) is 0 Å². The molecule has 1 heterocycles. The average Bonchev–Trinajstić information content (AvgIpc) is 3.26. The molecule has 1 amide bonds. The molecule has 1 aliphatic heterocycles. The van der Waals surface area contributed by atoms with Crippen molar-refractivity contribution in [3.8, 4) is 5.75 Å². The summed E-state index contributed by atoms with van der Waals surface area (Å²) in [5.74, 6) is 1.69. The Labute approximate surface area is 180 Å². The van der Waals surface area contributed by atoms with Crippen LogP contribution in [-0.4, -0.2) is 48.1 Å². The summed E-state index contributed by atoms with van der Waals surface area (Å²) < 4.78 is 0. The largest absolute Gasteiger partial charge is 0.508 e. The van der Waals surface area contributed by atoms with Crippen LogP contribution < -0.4 is 10.6 Å². The van der Waals surface area contributed by atoms with Crippen molar-refractivity contribution in [2.45, 2.75) is 76.8 Å². The minimum Gasteiger partial charge on any atom is -0.508 e. The molecule has 3 aliphatic rings. The Hall–Kier alpha value is -2.24. The summed E-state index contributed by atoms with van der Waals surface area (Å²) in [6.07, 6.45) is 11.3. The zero-order valence-corrected chi connectivity index (χ0v) is 18.3. The van der Waals surface area contributed by atoms with Crippen LogP contribution in [-0.2, 0) is 24.2 Å².